The molecule has 0 aromatic heterocycles. The quantitative estimate of drug-likeness (QED) is 0.718. The van der Waals surface area contributed by atoms with Crippen LogP contribution in [0.3, 0.4) is 0 Å². The van der Waals surface area contributed by atoms with Gasteiger partial charge in [-0.2, -0.15) is 5.26 Å². The molecule has 2 heterocycles. The number of ether oxygens (including phenoxy) is 3. The molecule has 3 atom stereocenters. The predicted molar refractivity (Wildman–Crippen MR) is 68.5 cm³/mol. The number of fused-ring (bicyclic) bond motifs is 2. The molecule has 4 nitrogen and oxygen atoms in total. The Labute approximate surface area is 112 Å². The summed E-state index contributed by atoms with van der Waals surface area (Å²) in [5.41, 5.74) is 1.58. The molecule has 1 aromatic rings. The van der Waals surface area contributed by atoms with Gasteiger partial charge in [0.25, 0.3) is 0 Å². The SMILES string of the molecule is CC(C)(C)C1OC2Cc3cc(C#N)ccc3OC2O1. The van der Waals surface area contributed by atoms with Gasteiger partial charge in [-0.3, -0.25) is 0 Å². The van der Waals surface area contributed by atoms with Crippen molar-refractivity contribution in [3.8, 4) is 11.8 Å². The van der Waals surface area contributed by atoms with E-state index in [1.54, 1.807) is 6.07 Å². The van der Waals surface area contributed by atoms with Crippen molar-refractivity contribution in [2.24, 2.45) is 5.41 Å². The van der Waals surface area contributed by atoms with Gasteiger partial charge in [0, 0.05) is 11.8 Å². The van der Waals surface area contributed by atoms with Crippen molar-refractivity contribution < 1.29 is 14.2 Å². The monoisotopic (exact) mass is 259 g/mol. The summed E-state index contributed by atoms with van der Waals surface area (Å²) in [7, 11) is 0. The van der Waals surface area contributed by atoms with Crippen LogP contribution in [0.15, 0.2) is 18.2 Å². The maximum Gasteiger partial charge on any atom is 0.229 e. The number of hydrogen-bond acceptors (Lipinski definition) is 4. The van der Waals surface area contributed by atoms with Crippen LogP contribution < -0.4 is 4.74 Å². The van der Waals surface area contributed by atoms with Gasteiger partial charge in [0.15, 0.2) is 6.29 Å². The maximum atomic E-state index is 8.93. The minimum atomic E-state index is -0.343. The van der Waals surface area contributed by atoms with Crippen LogP contribution in [0.2, 0.25) is 0 Å². The molecule has 1 saturated heterocycles. The van der Waals surface area contributed by atoms with Crippen LogP contribution in [0.25, 0.3) is 0 Å². The molecule has 1 aromatic carbocycles. The van der Waals surface area contributed by atoms with E-state index in [2.05, 4.69) is 26.8 Å². The number of hydrogen-bond donors (Lipinski definition) is 0. The van der Waals surface area contributed by atoms with Crippen LogP contribution in [0.5, 0.6) is 5.75 Å². The third-order valence-electron chi connectivity index (χ3n) is 3.42. The third kappa shape index (κ3) is 2.20. The second-order valence-electron chi connectivity index (χ2n) is 6.13. The van der Waals surface area contributed by atoms with E-state index in [1.165, 1.54) is 0 Å². The normalized spacial score (nSPS) is 29.1. The van der Waals surface area contributed by atoms with E-state index in [-0.39, 0.29) is 24.1 Å². The lowest BCUT2D eigenvalue weighted by Crippen LogP contribution is -2.34. The van der Waals surface area contributed by atoms with E-state index < -0.39 is 0 Å². The number of benzene rings is 1. The summed E-state index contributed by atoms with van der Waals surface area (Å²) >= 11 is 0. The predicted octanol–water partition coefficient (Wildman–Crippen LogP) is 2.61. The lowest BCUT2D eigenvalue weighted by molar-refractivity contribution is -0.153. The van der Waals surface area contributed by atoms with Gasteiger partial charge in [-0.05, 0) is 23.8 Å². The highest BCUT2D eigenvalue weighted by molar-refractivity contribution is 5.43. The van der Waals surface area contributed by atoms with E-state index >= 15 is 0 Å². The molecule has 0 N–H and O–H groups in total. The van der Waals surface area contributed by atoms with Crippen molar-refractivity contribution in [3.63, 3.8) is 0 Å². The highest BCUT2D eigenvalue weighted by Gasteiger charge is 2.45. The fraction of sp³-hybridized carbons (Fsp3) is 0.533. The Bertz CT molecular complexity index is 541. The van der Waals surface area contributed by atoms with Gasteiger partial charge in [0.05, 0.1) is 11.6 Å². The molecule has 4 heteroatoms. The Morgan fingerprint density at radius 1 is 1.26 bits per heavy atom. The van der Waals surface area contributed by atoms with Crippen LogP contribution in [-0.4, -0.2) is 18.7 Å². The van der Waals surface area contributed by atoms with E-state index in [9.17, 15) is 0 Å². The Hall–Kier alpha value is -1.57. The molecule has 0 radical (unpaired) electrons. The van der Waals surface area contributed by atoms with Crippen LogP contribution in [0.1, 0.15) is 31.9 Å². The zero-order valence-electron chi connectivity index (χ0n) is 11.3. The lowest BCUT2D eigenvalue weighted by Gasteiger charge is -2.26. The zero-order valence-corrected chi connectivity index (χ0v) is 11.3. The summed E-state index contributed by atoms with van der Waals surface area (Å²) in [6, 6.07) is 7.59. The maximum absolute atomic E-state index is 8.93. The van der Waals surface area contributed by atoms with E-state index in [1.807, 2.05) is 12.1 Å². The second-order valence-corrected chi connectivity index (χ2v) is 6.13. The molecule has 2 aliphatic heterocycles. The van der Waals surface area contributed by atoms with E-state index in [0.717, 1.165) is 17.7 Å². The van der Waals surface area contributed by atoms with Gasteiger partial charge in [0.1, 0.15) is 11.9 Å². The Kier molecular flexibility index (Phi) is 2.77. The van der Waals surface area contributed by atoms with Crippen LogP contribution in [0, 0.1) is 16.7 Å². The number of nitriles is 1. The summed E-state index contributed by atoms with van der Waals surface area (Å²) in [5.74, 6) is 0.790. The molecule has 19 heavy (non-hydrogen) atoms. The average molecular weight is 259 g/mol. The molecule has 1 fully saturated rings. The van der Waals surface area contributed by atoms with E-state index in [0.29, 0.717) is 5.56 Å². The summed E-state index contributed by atoms with van der Waals surface area (Å²) in [6.07, 6.45) is 0.0322. The summed E-state index contributed by atoms with van der Waals surface area (Å²) in [6.45, 7) is 6.24. The molecular formula is C15H17NO3. The molecule has 0 aliphatic carbocycles. The lowest BCUT2D eigenvalue weighted by atomic mass is 9.96. The first-order valence-electron chi connectivity index (χ1n) is 6.48. The fourth-order valence-corrected chi connectivity index (χ4v) is 2.39. The van der Waals surface area contributed by atoms with Gasteiger partial charge in [-0.25, -0.2) is 0 Å². The van der Waals surface area contributed by atoms with Gasteiger partial charge in [-0.1, -0.05) is 20.8 Å². The Morgan fingerprint density at radius 3 is 2.74 bits per heavy atom. The molecule has 100 valence electrons. The van der Waals surface area contributed by atoms with Crippen molar-refractivity contribution in [2.75, 3.05) is 0 Å². The molecule has 0 saturated carbocycles. The minimum absolute atomic E-state index is 0.0787. The van der Waals surface area contributed by atoms with Crippen LogP contribution in [-0.2, 0) is 15.9 Å². The minimum Gasteiger partial charge on any atom is -0.462 e. The van der Waals surface area contributed by atoms with Gasteiger partial charge in [0.2, 0.25) is 6.29 Å². The Balaban J connectivity index is 1.83. The molecule has 0 spiro atoms. The van der Waals surface area contributed by atoms with Gasteiger partial charge >= 0.3 is 0 Å². The van der Waals surface area contributed by atoms with Gasteiger partial charge in [-0.15, -0.1) is 0 Å². The van der Waals surface area contributed by atoms with Crippen molar-refractivity contribution in [3.05, 3.63) is 29.3 Å². The van der Waals surface area contributed by atoms with Crippen LogP contribution in [0.4, 0.5) is 0 Å². The van der Waals surface area contributed by atoms with Gasteiger partial charge < -0.3 is 14.2 Å². The topological polar surface area (TPSA) is 51.5 Å². The summed E-state index contributed by atoms with van der Waals surface area (Å²) in [4.78, 5) is 0. The van der Waals surface area contributed by atoms with Crippen molar-refractivity contribution >= 4 is 0 Å². The standard InChI is InChI=1S/C15H17NO3/c1-15(2,3)14-18-12-7-10-6-9(8-16)4-5-11(10)17-13(12)19-14/h4-6,12-14H,7H2,1-3H3. The molecular weight excluding hydrogens is 242 g/mol. The first kappa shape index (κ1) is 12.5. The molecule has 2 aliphatic rings. The molecule has 0 amide bonds. The summed E-state index contributed by atoms with van der Waals surface area (Å²) in [5, 5.41) is 8.93. The summed E-state index contributed by atoms with van der Waals surface area (Å²) < 4.78 is 17.6. The Morgan fingerprint density at radius 2 is 2.05 bits per heavy atom. The first-order chi connectivity index (χ1) is 8.97. The number of nitrogens with zero attached hydrogens (tertiary/aromatic N) is 1. The first-order valence-corrected chi connectivity index (χ1v) is 6.48. The highest BCUT2D eigenvalue weighted by atomic mass is 16.8. The van der Waals surface area contributed by atoms with Crippen molar-refractivity contribution in [1.29, 1.82) is 5.26 Å². The fourth-order valence-electron chi connectivity index (χ4n) is 2.39. The zero-order chi connectivity index (χ0) is 13.6. The molecule has 0 bridgehead atoms. The van der Waals surface area contributed by atoms with Crippen molar-refractivity contribution in [2.45, 2.75) is 45.9 Å². The van der Waals surface area contributed by atoms with Crippen LogP contribution >= 0.6 is 0 Å². The van der Waals surface area contributed by atoms with E-state index in [4.69, 9.17) is 19.5 Å². The number of rotatable bonds is 0. The second kappa shape index (κ2) is 4.22. The average Bonchev–Trinajstić information content (AvgIpc) is 2.77. The molecule has 3 unspecified atom stereocenters. The smallest absolute Gasteiger partial charge is 0.229 e. The third-order valence-corrected chi connectivity index (χ3v) is 3.42. The molecule has 3 rings (SSSR count). The van der Waals surface area contributed by atoms with Crippen molar-refractivity contribution in [1.82, 2.24) is 0 Å². The largest absolute Gasteiger partial charge is 0.462 e. The highest BCUT2D eigenvalue weighted by Crippen LogP contribution is 2.39.